The predicted octanol–water partition coefficient (Wildman–Crippen LogP) is 3.54. The Morgan fingerprint density at radius 2 is 2.25 bits per heavy atom. The number of rotatable bonds is 4. The van der Waals surface area contributed by atoms with Crippen molar-refractivity contribution in [1.29, 1.82) is 0 Å². The Bertz CT molecular complexity index is 406. The molecule has 0 aliphatic heterocycles. The third-order valence-corrected chi connectivity index (χ3v) is 2.66. The monoisotopic (exact) mass is 239 g/mol. The average molecular weight is 240 g/mol. The van der Waals surface area contributed by atoms with Crippen LogP contribution in [-0.2, 0) is 0 Å². The molecule has 1 unspecified atom stereocenters. The minimum atomic E-state index is -0.267. The van der Waals surface area contributed by atoms with E-state index < -0.39 is 0 Å². The Kier molecular flexibility index (Phi) is 5.31. The summed E-state index contributed by atoms with van der Waals surface area (Å²) < 4.78 is 13.6. The summed E-state index contributed by atoms with van der Waals surface area (Å²) in [7, 11) is 1.82. The maximum Gasteiger partial charge on any atom is 0.129 e. The number of hydrogen-bond acceptors (Lipinski definition) is 1. The Balaban J connectivity index is 2.80. The van der Waals surface area contributed by atoms with Gasteiger partial charge in [-0.2, -0.15) is 0 Å². The number of halogens is 2. The first-order valence-corrected chi connectivity index (χ1v) is 5.58. The van der Waals surface area contributed by atoms with Crippen LogP contribution in [0, 0.1) is 17.7 Å². The molecule has 0 radical (unpaired) electrons. The van der Waals surface area contributed by atoms with Gasteiger partial charge in [-0.15, -0.1) is 11.8 Å². The van der Waals surface area contributed by atoms with Crippen LogP contribution < -0.4 is 5.32 Å². The molecule has 0 aliphatic rings. The molecule has 0 heterocycles. The van der Waals surface area contributed by atoms with Gasteiger partial charge in [0.05, 0.1) is 0 Å². The molecular formula is C13H15ClFN. The molecule has 0 bridgehead atoms. The minimum absolute atomic E-state index is 0.0156. The van der Waals surface area contributed by atoms with Crippen LogP contribution >= 0.6 is 11.6 Å². The van der Waals surface area contributed by atoms with Crippen molar-refractivity contribution in [3.63, 3.8) is 0 Å². The Labute approximate surface area is 101 Å². The number of hydrogen-bond donors (Lipinski definition) is 1. The van der Waals surface area contributed by atoms with E-state index in [0.717, 1.165) is 12.8 Å². The zero-order valence-electron chi connectivity index (χ0n) is 9.48. The fourth-order valence-electron chi connectivity index (χ4n) is 1.58. The standard InChI is InChI=1S/C13H15ClFN/c1-3-4-5-6-13(16-2)11-8-7-10(14)9-12(11)15/h7-9,13,16H,5-6H2,1-2H3. The van der Waals surface area contributed by atoms with E-state index in [0.29, 0.717) is 10.6 Å². The van der Waals surface area contributed by atoms with Gasteiger partial charge in [0.1, 0.15) is 5.82 Å². The van der Waals surface area contributed by atoms with Crippen LogP contribution in [0.5, 0.6) is 0 Å². The highest BCUT2D eigenvalue weighted by molar-refractivity contribution is 6.30. The largest absolute Gasteiger partial charge is 0.313 e. The molecule has 0 amide bonds. The van der Waals surface area contributed by atoms with E-state index in [2.05, 4.69) is 17.2 Å². The summed E-state index contributed by atoms with van der Waals surface area (Å²) in [6.45, 7) is 1.80. The van der Waals surface area contributed by atoms with Gasteiger partial charge in [0.25, 0.3) is 0 Å². The lowest BCUT2D eigenvalue weighted by molar-refractivity contribution is 0.514. The molecule has 3 heteroatoms. The molecule has 1 N–H and O–H groups in total. The first-order chi connectivity index (χ1) is 7.69. The molecule has 1 rings (SSSR count). The van der Waals surface area contributed by atoms with Gasteiger partial charge in [-0.1, -0.05) is 17.7 Å². The van der Waals surface area contributed by atoms with Gasteiger partial charge in [0.2, 0.25) is 0 Å². The van der Waals surface area contributed by atoms with E-state index in [-0.39, 0.29) is 11.9 Å². The first kappa shape index (κ1) is 13.0. The molecule has 1 nitrogen and oxygen atoms in total. The zero-order chi connectivity index (χ0) is 12.0. The molecule has 0 aliphatic carbocycles. The van der Waals surface area contributed by atoms with Crippen molar-refractivity contribution < 1.29 is 4.39 Å². The second-order valence-electron chi connectivity index (χ2n) is 3.47. The van der Waals surface area contributed by atoms with Gasteiger partial charge in [-0.25, -0.2) is 4.39 Å². The highest BCUT2D eigenvalue weighted by Crippen LogP contribution is 2.23. The second-order valence-corrected chi connectivity index (χ2v) is 3.91. The third kappa shape index (κ3) is 3.52. The molecule has 0 fully saturated rings. The van der Waals surface area contributed by atoms with Gasteiger partial charge < -0.3 is 5.32 Å². The highest BCUT2D eigenvalue weighted by Gasteiger charge is 2.13. The Hall–Kier alpha value is -1.04. The fourth-order valence-corrected chi connectivity index (χ4v) is 1.74. The van der Waals surface area contributed by atoms with Gasteiger partial charge in [0.15, 0.2) is 0 Å². The lowest BCUT2D eigenvalue weighted by Crippen LogP contribution is -2.17. The van der Waals surface area contributed by atoms with E-state index in [1.165, 1.54) is 6.07 Å². The van der Waals surface area contributed by atoms with Crippen LogP contribution in [0.3, 0.4) is 0 Å². The first-order valence-electron chi connectivity index (χ1n) is 5.21. The summed E-state index contributed by atoms with van der Waals surface area (Å²) in [5.41, 5.74) is 0.643. The average Bonchev–Trinajstić information content (AvgIpc) is 2.26. The summed E-state index contributed by atoms with van der Waals surface area (Å²) in [4.78, 5) is 0. The smallest absolute Gasteiger partial charge is 0.129 e. The second kappa shape index (κ2) is 6.52. The molecule has 0 spiro atoms. The van der Waals surface area contributed by atoms with Crippen molar-refractivity contribution in [2.45, 2.75) is 25.8 Å². The molecule has 0 saturated heterocycles. The van der Waals surface area contributed by atoms with Crippen molar-refractivity contribution in [2.24, 2.45) is 0 Å². The van der Waals surface area contributed by atoms with Crippen LogP contribution in [0.4, 0.5) is 4.39 Å². The van der Waals surface area contributed by atoms with Gasteiger partial charge in [0, 0.05) is 23.0 Å². The zero-order valence-corrected chi connectivity index (χ0v) is 10.2. The normalized spacial score (nSPS) is 11.8. The summed E-state index contributed by atoms with van der Waals surface area (Å²) in [5, 5.41) is 3.51. The SMILES string of the molecule is CC#CCCC(NC)c1ccc(Cl)cc1F. The predicted molar refractivity (Wildman–Crippen MR) is 65.9 cm³/mol. The Morgan fingerprint density at radius 1 is 1.50 bits per heavy atom. The van der Waals surface area contributed by atoms with Gasteiger partial charge in [-0.3, -0.25) is 0 Å². The van der Waals surface area contributed by atoms with Crippen molar-refractivity contribution in [3.05, 3.63) is 34.6 Å². The summed E-state index contributed by atoms with van der Waals surface area (Å²) in [6, 6.07) is 4.75. The summed E-state index contributed by atoms with van der Waals surface area (Å²) >= 11 is 5.71. The van der Waals surface area contributed by atoms with Crippen molar-refractivity contribution in [2.75, 3.05) is 7.05 Å². The maximum absolute atomic E-state index is 13.6. The molecular weight excluding hydrogens is 225 g/mol. The molecule has 0 saturated carbocycles. The highest BCUT2D eigenvalue weighted by atomic mass is 35.5. The van der Waals surface area contributed by atoms with Crippen LogP contribution in [0.2, 0.25) is 5.02 Å². The van der Waals surface area contributed by atoms with Crippen LogP contribution in [0.1, 0.15) is 31.4 Å². The van der Waals surface area contributed by atoms with Crippen molar-refractivity contribution in [1.82, 2.24) is 5.32 Å². The molecule has 1 atom stereocenters. The van der Waals surface area contributed by atoms with Crippen LogP contribution in [0.25, 0.3) is 0 Å². The van der Waals surface area contributed by atoms with E-state index >= 15 is 0 Å². The number of benzene rings is 1. The topological polar surface area (TPSA) is 12.0 Å². The van der Waals surface area contributed by atoms with Crippen molar-refractivity contribution >= 4 is 11.6 Å². The molecule has 16 heavy (non-hydrogen) atoms. The maximum atomic E-state index is 13.6. The van der Waals surface area contributed by atoms with Crippen LogP contribution in [-0.4, -0.2) is 7.05 Å². The Morgan fingerprint density at radius 3 is 2.81 bits per heavy atom. The molecule has 86 valence electrons. The lowest BCUT2D eigenvalue weighted by Gasteiger charge is -2.16. The van der Waals surface area contributed by atoms with Crippen LogP contribution in [0.15, 0.2) is 18.2 Å². The quantitative estimate of drug-likeness (QED) is 0.793. The van der Waals surface area contributed by atoms with Gasteiger partial charge >= 0.3 is 0 Å². The third-order valence-electron chi connectivity index (χ3n) is 2.42. The molecule has 1 aromatic carbocycles. The summed E-state index contributed by atoms with van der Waals surface area (Å²) in [6.07, 6.45) is 1.54. The molecule has 1 aromatic rings. The number of nitrogens with one attached hydrogen (secondary N) is 1. The van der Waals surface area contributed by atoms with E-state index in [9.17, 15) is 4.39 Å². The summed E-state index contributed by atoms with van der Waals surface area (Å²) in [5.74, 6) is 5.54. The van der Waals surface area contributed by atoms with Gasteiger partial charge in [-0.05, 0) is 32.5 Å². The van der Waals surface area contributed by atoms with E-state index in [1.54, 1.807) is 19.1 Å². The van der Waals surface area contributed by atoms with E-state index in [4.69, 9.17) is 11.6 Å². The molecule has 0 aromatic heterocycles. The fraction of sp³-hybridized carbons (Fsp3) is 0.385. The minimum Gasteiger partial charge on any atom is -0.313 e. The van der Waals surface area contributed by atoms with Crippen molar-refractivity contribution in [3.8, 4) is 11.8 Å². The van der Waals surface area contributed by atoms with E-state index in [1.807, 2.05) is 7.05 Å². The lowest BCUT2D eigenvalue weighted by atomic mass is 10.0.